The molecular weight excluding hydrogens is 656 g/mol. The van der Waals surface area contributed by atoms with Gasteiger partial charge in [0.05, 0.1) is 47.5 Å². The van der Waals surface area contributed by atoms with Crippen molar-refractivity contribution in [2.24, 2.45) is 27.5 Å². The number of rotatable bonds is 11. The largest absolute Gasteiger partial charge is 0.543 e. The molecule has 2 aliphatic rings. The van der Waals surface area contributed by atoms with Gasteiger partial charge >= 0.3 is 5.65 Å². The molecule has 1 saturated heterocycles. The lowest BCUT2D eigenvalue weighted by molar-refractivity contribution is -0.661. The van der Waals surface area contributed by atoms with Crippen LogP contribution in [0.2, 0.25) is 4.34 Å². The van der Waals surface area contributed by atoms with E-state index in [0.29, 0.717) is 23.6 Å². The molecule has 18 heteroatoms. The number of imidazole rings is 1. The van der Waals surface area contributed by atoms with Crippen molar-refractivity contribution in [1.82, 2.24) is 19.1 Å². The number of nitrogens with zero attached hydrogens (tertiary/aromatic N) is 7. The molecule has 0 bridgehead atoms. The Balaban J connectivity index is 1.18. The zero-order valence-corrected chi connectivity index (χ0v) is 26.6. The highest BCUT2D eigenvalue weighted by Gasteiger charge is 2.53. The average Bonchev–Trinajstić information content (AvgIpc) is 3.70. The molecule has 5 heterocycles. The average molecular weight is 683 g/mol. The first kappa shape index (κ1) is 31.1. The molecule has 0 aliphatic carbocycles. The van der Waals surface area contributed by atoms with E-state index in [4.69, 9.17) is 33.6 Å². The number of aliphatic imine (C=N–C) groups is 1. The Labute approximate surface area is 274 Å². The summed E-state index contributed by atoms with van der Waals surface area (Å²) in [5, 5.41) is 15.7. The number of β-lactam (4-membered cyclic amide) rings is 1. The van der Waals surface area contributed by atoms with Crippen LogP contribution in [0.15, 0.2) is 70.3 Å². The number of carbonyl (C=O) groups excluding carboxylic acids is 3. The number of hydrogen-bond donors (Lipinski definition) is 3. The molecule has 2 atom stereocenters. The lowest BCUT2D eigenvalue weighted by Crippen LogP contribution is -2.63. The van der Waals surface area contributed by atoms with Crippen molar-refractivity contribution in [2.45, 2.75) is 24.9 Å². The van der Waals surface area contributed by atoms with E-state index in [1.807, 2.05) is 62.7 Å². The number of anilines is 1. The number of aliphatic carboxylic acids is 1. The smallest absolute Gasteiger partial charge is 0.307 e. The number of carboxylic acids is 1. The molecule has 0 saturated carbocycles. The Morgan fingerprint density at radius 1 is 1.22 bits per heavy atom. The Morgan fingerprint density at radius 3 is 2.63 bits per heavy atom. The molecule has 0 unspecified atom stereocenters. The maximum atomic E-state index is 13.3. The van der Waals surface area contributed by atoms with Gasteiger partial charge in [-0.15, -0.1) is 16.3 Å². The number of fused-ring (bicyclic) bond motifs is 2. The molecule has 15 nitrogen and oxygen atoms in total. The number of nitrogen functional groups attached to an aromatic ring is 1. The maximum Gasteiger partial charge on any atom is 0.307 e. The lowest BCUT2D eigenvalue weighted by atomic mass is 9.89. The first-order valence-corrected chi connectivity index (χ1v) is 16.0. The molecular formula is C28H27ClN10O5S2. The van der Waals surface area contributed by atoms with E-state index >= 15 is 0 Å². The van der Waals surface area contributed by atoms with Crippen LogP contribution in [0.3, 0.4) is 0 Å². The van der Waals surface area contributed by atoms with Gasteiger partial charge in [-0.05, 0) is 23.3 Å². The number of benzene rings is 1. The summed E-state index contributed by atoms with van der Waals surface area (Å²) >= 11 is 8.54. The van der Waals surface area contributed by atoms with E-state index in [1.54, 1.807) is 0 Å². The van der Waals surface area contributed by atoms with E-state index in [0.717, 1.165) is 22.5 Å². The van der Waals surface area contributed by atoms with Gasteiger partial charge in [-0.3, -0.25) is 14.5 Å². The van der Waals surface area contributed by atoms with Crippen molar-refractivity contribution in [1.29, 1.82) is 0 Å². The van der Waals surface area contributed by atoms with Crippen LogP contribution in [0.1, 0.15) is 17.7 Å². The lowest BCUT2D eigenvalue weighted by Gasteiger charge is -2.50. The highest BCUT2D eigenvalue weighted by atomic mass is 35.5. The van der Waals surface area contributed by atoms with E-state index in [-0.39, 0.29) is 45.5 Å². The Hall–Kier alpha value is -4.87. The predicted octanol–water partition coefficient (Wildman–Crippen LogP) is 0.219. The van der Waals surface area contributed by atoms with Crippen LogP contribution in [0.4, 0.5) is 10.8 Å². The quantitative estimate of drug-likeness (QED) is 0.0643. The van der Waals surface area contributed by atoms with Gasteiger partial charge < -0.3 is 31.9 Å². The van der Waals surface area contributed by atoms with Crippen molar-refractivity contribution in [3.05, 3.63) is 75.8 Å². The summed E-state index contributed by atoms with van der Waals surface area (Å²) in [5.74, 6) is -2.96. The van der Waals surface area contributed by atoms with Crippen LogP contribution in [0.5, 0.6) is 0 Å². The highest BCUT2D eigenvalue weighted by molar-refractivity contribution is 8.00. The SMILES string of the molecule is CO/N=C(\C(=O)C[C@@H]1C(=O)N2C(C(=O)[O-])=C(Cn3ccc4n3cc[n+]4Cc3ccc(N=C(N)N)cc3)CS[C@H]12)c1nc(N)sc1Cl. The monoisotopic (exact) mass is 682 g/mol. The van der Waals surface area contributed by atoms with E-state index < -0.39 is 29.0 Å². The van der Waals surface area contributed by atoms with Crippen molar-refractivity contribution in [2.75, 3.05) is 18.6 Å². The zero-order valence-electron chi connectivity index (χ0n) is 24.2. The van der Waals surface area contributed by atoms with Crippen LogP contribution in [-0.2, 0) is 32.3 Å². The number of thiazole rings is 1. The number of nitrogens with two attached hydrogens (primary N) is 3. The topological polar surface area (TPSA) is 216 Å². The van der Waals surface area contributed by atoms with Gasteiger partial charge in [-0.2, -0.15) is 0 Å². The molecule has 6 N–H and O–H groups in total. The molecule has 6 rings (SSSR count). The summed E-state index contributed by atoms with van der Waals surface area (Å²) < 4.78 is 5.96. The summed E-state index contributed by atoms with van der Waals surface area (Å²) in [6.45, 7) is 0.782. The van der Waals surface area contributed by atoms with E-state index in [2.05, 4.69) is 15.1 Å². The van der Waals surface area contributed by atoms with Crippen molar-refractivity contribution < 1.29 is 28.9 Å². The summed E-state index contributed by atoms with van der Waals surface area (Å²) in [4.78, 5) is 53.0. The molecule has 46 heavy (non-hydrogen) atoms. The Bertz CT molecular complexity index is 1960. The van der Waals surface area contributed by atoms with Gasteiger partial charge in [0.2, 0.25) is 5.91 Å². The molecule has 1 aromatic carbocycles. The molecule has 0 spiro atoms. The third-order valence-electron chi connectivity index (χ3n) is 7.52. The number of aromatic nitrogens is 4. The number of hydrogen-bond acceptors (Lipinski definition) is 11. The van der Waals surface area contributed by atoms with E-state index in [9.17, 15) is 19.5 Å². The summed E-state index contributed by atoms with van der Waals surface area (Å²) in [6, 6.07) is 9.44. The number of halogens is 1. The second-order valence-corrected chi connectivity index (χ2v) is 13.2. The van der Waals surface area contributed by atoms with Crippen molar-refractivity contribution >= 4 is 80.5 Å². The molecule has 1 amide bonds. The second-order valence-electron chi connectivity index (χ2n) is 10.4. The second kappa shape index (κ2) is 12.5. The summed E-state index contributed by atoms with van der Waals surface area (Å²) in [5.41, 5.74) is 19.4. The number of thioether (sulfide) groups is 1. The molecule has 238 valence electrons. The van der Waals surface area contributed by atoms with Crippen LogP contribution >= 0.6 is 34.7 Å². The van der Waals surface area contributed by atoms with Gasteiger partial charge in [-0.1, -0.05) is 40.2 Å². The number of ketones is 1. The minimum atomic E-state index is -1.46. The van der Waals surface area contributed by atoms with Gasteiger partial charge in [-0.25, -0.2) is 19.2 Å². The highest BCUT2D eigenvalue weighted by Crippen LogP contribution is 2.45. The third-order valence-corrected chi connectivity index (χ3v) is 10.00. The van der Waals surface area contributed by atoms with Gasteiger partial charge in [0.25, 0.3) is 0 Å². The fourth-order valence-corrected chi connectivity index (χ4v) is 7.86. The van der Waals surface area contributed by atoms with Crippen LogP contribution in [-0.4, -0.2) is 66.6 Å². The van der Waals surface area contributed by atoms with Crippen LogP contribution < -0.4 is 26.9 Å². The Morgan fingerprint density at radius 2 is 1.98 bits per heavy atom. The van der Waals surface area contributed by atoms with Crippen molar-refractivity contribution in [3.63, 3.8) is 0 Å². The number of carboxylic acid groups (broad SMARTS) is 1. The number of amides is 1. The predicted molar refractivity (Wildman–Crippen MR) is 170 cm³/mol. The number of guanidine groups is 1. The fraction of sp³-hybridized carbons (Fsp3) is 0.250. The molecule has 0 radical (unpaired) electrons. The minimum absolute atomic E-state index is 0.0130. The fourth-order valence-electron chi connectivity index (χ4n) is 5.53. The standard InChI is InChI=1S/C28H27ClN10O5S2/c1-44-35-20(21-23(29)46-28(32)34-21)18(40)10-17-24(41)39-22(26(42)43)15(13-45-25(17)39)12-37-7-6-19-36(8-9-38(19)37)11-14-2-4-16(5-3-14)33-27(30)31/h2-9,17,25H,10-13H2,1H3,(H6-,30,31,32,33,34,42,43)/b35-20+/t17-,25-/m1/s1. The van der Waals surface area contributed by atoms with Crippen molar-refractivity contribution in [3.8, 4) is 0 Å². The minimum Gasteiger partial charge on any atom is -0.543 e. The molecule has 1 fully saturated rings. The Kier molecular flexibility index (Phi) is 8.45. The van der Waals surface area contributed by atoms with Gasteiger partial charge in [0.15, 0.2) is 28.8 Å². The van der Waals surface area contributed by atoms with Crippen LogP contribution in [0, 0.1) is 5.92 Å². The maximum absolute atomic E-state index is 13.3. The first-order chi connectivity index (χ1) is 22.0. The number of carbonyl (C=O) groups is 3. The number of Topliss-reactive ketones (excluding diaryl/α,β-unsaturated/α-hetero) is 1. The summed E-state index contributed by atoms with van der Waals surface area (Å²) in [7, 11) is 1.27. The van der Waals surface area contributed by atoms with E-state index in [1.165, 1.54) is 23.8 Å². The third kappa shape index (κ3) is 5.79. The van der Waals surface area contributed by atoms with Crippen LogP contribution in [0.25, 0.3) is 5.65 Å². The van der Waals surface area contributed by atoms with Gasteiger partial charge in [0, 0.05) is 12.2 Å². The zero-order chi connectivity index (χ0) is 32.7. The molecule has 2 aliphatic heterocycles. The summed E-state index contributed by atoms with van der Waals surface area (Å²) in [6.07, 6.45) is 5.40. The number of oxime groups is 1. The molecule has 3 aromatic heterocycles. The first-order valence-electron chi connectivity index (χ1n) is 13.7. The normalized spacial score (nSPS) is 18.0. The molecule has 4 aromatic rings. The van der Waals surface area contributed by atoms with Gasteiger partial charge in [0.1, 0.15) is 29.9 Å².